The Morgan fingerprint density at radius 2 is 2.08 bits per heavy atom. The van der Waals surface area contributed by atoms with Gasteiger partial charge >= 0.3 is 5.97 Å². The van der Waals surface area contributed by atoms with Crippen molar-refractivity contribution in [1.82, 2.24) is 0 Å². The van der Waals surface area contributed by atoms with E-state index in [2.05, 4.69) is 0 Å². The SMILES string of the molecule is COC1O[C@H]2[C@H](OC(=O)[C@H]2O)[C@@H]1O. The van der Waals surface area contributed by atoms with Gasteiger partial charge in [-0.15, -0.1) is 0 Å². The molecule has 2 heterocycles. The van der Waals surface area contributed by atoms with E-state index in [-0.39, 0.29) is 0 Å². The van der Waals surface area contributed by atoms with Gasteiger partial charge in [-0.3, -0.25) is 0 Å². The largest absolute Gasteiger partial charge is 0.454 e. The van der Waals surface area contributed by atoms with Crippen molar-refractivity contribution >= 4 is 5.97 Å². The quantitative estimate of drug-likeness (QED) is 0.465. The van der Waals surface area contributed by atoms with Crippen molar-refractivity contribution in [1.29, 1.82) is 0 Å². The third-order valence-corrected chi connectivity index (χ3v) is 2.27. The van der Waals surface area contributed by atoms with Gasteiger partial charge in [-0.25, -0.2) is 4.79 Å². The molecule has 2 fully saturated rings. The normalized spacial score (nSPS) is 49.2. The molecule has 0 amide bonds. The Morgan fingerprint density at radius 1 is 1.38 bits per heavy atom. The third-order valence-electron chi connectivity index (χ3n) is 2.27. The molecule has 13 heavy (non-hydrogen) atoms. The maximum atomic E-state index is 10.8. The number of carbonyl (C=O) groups excluding carboxylic acids is 1. The predicted octanol–water partition coefficient (Wildman–Crippen LogP) is -2.00. The van der Waals surface area contributed by atoms with Gasteiger partial charge in [0.1, 0.15) is 12.2 Å². The highest BCUT2D eigenvalue weighted by molar-refractivity contribution is 5.78. The van der Waals surface area contributed by atoms with Crippen LogP contribution in [0.15, 0.2) is 0 Å². The summed E-state index contributed by atoms with van der Waals surface area (Å²) in [5, 5.41) is 18.7. The molecular formula is C7H10O6. The zero-order chi connectivity index (χ0) is 9.59. The summed E-state index contributed by atoms with van der Waals surface area (Å²) in [5.74, 6) is -0.761. The fraction of sp³-hybridized carbons (Fsp3) is 0.857. The van der Waals surface area contributed by atoms with Crippen molar-refractivity contribution in [3.63, 3.8) is 0 Å². The molecule has 6 nitrogen and oxygen atoms in total. The van der Waals surface area contributed by atoms with E-state index in [4.69, 9.17) is 14.2 Å². The first kappa shape index (κ1) is 8.89. The van der Waals surface area contributed by atoms with Crippen LogP contribution in [0.2, 0.25) is 0 Å². The molecular weight excluding hydrogens is 180 g/mol. The van der Waals surface area contributed by atoms with Gasteiger partial charge in [0.05, 0.1) is 0 Å². The Balaban J connectivity index is 2.14. The van der Waals surface area contributed by atoms with Crippen molar-refractivity contribution in [2.24, 2.45) is 0 Å². The third kappa shape index (κ3) is 1.14. The fourth-order valence-electron chi connectivity index (χ4n) is 1.59. The Morgan fingerprint density at radius 3 is 2.62 bits per heavy atom. The number of fused-ring (bicyclic) bond motifs is 1. The summed E-state index contributed by atoms with van der Waals surface area (Å²) in [6.07, 6.45) is -4.81. The summed E-state index contributed by atoms with van der Waals surface area (Å²) in [4.78, 5) is 10.8. The molecule has 2 saturated heterocycles. The second-order valence-electron chi connectivity index (χ2n) is 3.04. The molecule has 5 atom stereocenters. The van der Waals surface area contributed by atoms with Gasteiger partial charge in [0, 0.05) is 7.11 Å². The van der Waals surface area contributed by atoms with Crippen LogP contribution in [-0.4, -0.2) is 54.0 Å². The first-order valence-electron chi connectivity index (χ1n) is 3.90. The topological polar surface area (TPSA) is 85.2 Å². The first-order valence-corrected chi connectivity index (χ1v) is 3.90. The van der Waals surface area contributed by atoms with E-state index in [0.29, 0.717) is 0 Å². The molecule has 6 heteroatoms. The number of rotatable bonds is 1. The van der Waals surface area contributed by atoms with Crippen LogP contribution in [0, 0.1) is 0 Å². The van der Waals surface area contributed by atoms with Crippen LogP contribution in [0.25, 0.3) is 0 Å². The van der Waals surface area contributed by atoms with E-state index < -0.39 is 36.7 Å². The lowest BCUT2D eigenvalue weighted by Gasteiger charge is -2.14. The second kappa shape index (κ2) is 2.91. The number of aliphatic hydroxyl groups excluding tert-OH is 2. The average Bonchev–Trinajstić information content (AvgIpc) is 2.56. The van der Waals surface area contributed by atoms with Gasteiger partial charge in [0.25, 0.3) is 0 Å². The van der Waals surface area contributed by atoms with E-state index in [9.17, 15) is 15.0 Å². The van der Waals surface area contributed by atoms with E-state index in [1.54, 1.807) is 0 Å². The summed E-state index contributed by atoms with van der Waals surface area (Å²) in [7, 11) is 1.36. The Hall–Kier alpha value is -0.690. The van der Waals surface area contributed by atoms with Crippen molar-refractivity contribution in [3.05, 3.63) is 0 Å². The maximum Gasteiger partial charge on any atom is 0.338 e. The van der Waals surface area contributed by atoms with Gasteiger partial charge in [-0.2, -0.15) is 0 Å². The van der Waals surface area contributed by atoms with Crippen molar-refractivity contribution in [2.45, 2.75) is 30.7 Å². The summed E-state index contributed by atoms with van der Waals surface area (Å²) in [6.45, 7) is 0. The molecule has 0 aliphatic carbocycles. The highest BCUT2D eigenvalue weighted by atomic mass is 16.7. The van der Waals surface area contributed by atoms with Crippen LogP contribution < -0.4 is 0 Å². The summed E-state index contributed by atoms with van der Waals surface area (Å²) < 4.78 is 14.5. The van der Waals surface area contributed by atoms with E-state index in [1.807, 2.05) is 0 Å². The molecule has 1 unspecified atom stereocenters. The lowest BCUT2D eigenvalue weighted by atomic mass is 10.1. The molecule has 2 aliphatic rings. The molecule has 74 valence electrons. The summed E-state index contributed by atoms with van der Waals surface area (Å²) in [6, 6.07) is 0. The number of hydrogen-bond acceptors (Lipinski definition) is 6. The highest BCUT2D eigenvalue weighted by Gasteiger charge is 2.56. The lowest BCUT2D eigenvalue weighted by Crippen LogP contribution is -2.32. The van der Waals surface area contributed by atoms with Gasteiger partial charge in [-0.1, -0.05) is 0 Å². The van der Waals surface area contributed by atoms with Crippen LogP contribution in [0.1, 0.15) is 0 Å². The first-order chi connectivity index (χ1) is 6.15. The van der Waals surface area contributed by atoms with Crippen molar-refractivity contribution < 1.29 is 29.2 Å². The standard InChI is InChI=1S/C7H10O6/c1-11-7-3(9)5-4(13-7)2(8)6(10)12-5/h2-5,7-9H,1H3/t2-,3-,4+,5+,7?/m0/s1. The molecule has 0 aromatic carbocycles. The van der Waals surface area contributed by atoms with Crippen LogP contribution in [0.5, 0.6) is 0 Å². The minimum Gasteiger partial charge on any atom is -0.454 e. The minimum atomic E-state index is -1.32. The monoisotopic (exact) mass is 190 g/mol. The summed E-state index contributed by atoms with van der Waals surface area (Å²) >= 11 is 0. The van der Waals surface area contributed by atoms with Crippen molar-refractivity contribution in [3.8, 4) is 0 Å². The summed E-state index contributed by atoms with van der Waals surface area (Å²) in [5.41, 5.74) is 0. The molecule has 0 saturated carbocycles. The maximum absolute atomic E-state index is 10.8. The van der Waals surface area contributed by atoms with E-state index in [0.717, 1.165) is 0 Å². The van der Waals surface area contributed by atoms with E-state index in [1.165, 1.54) is 7.11 Å². The molecule has 0 spiro atoms. The molecule has 2 aliphatic heterocycles. The fourth-order valence-corrected chi connectivity index (χ4v) is 1.59. The molecule has 0 aromatic heterocycles. The number of carbonyl (C=O) groups is 1. The van der Waals surface area contributed by atoms with Gasteiger partial charge in [0.2, 0.25) is 0 Å². The molecule has 0 aromatic rings. The zero-order valence-corrected chi connectivity index (χ0v) is 6.91. The zero-order valence-electron chi connectivity index (χ0n) is 6.91. The number of aliphatic hydroxyl groups is 2. The average molecular weight is 190 g/mol. The van der Waals surface area contributed by atoms with Gasteiger partial charge in [-0.05, 0) is 0 Å². The van der Waals surface area contributed by atoms with E-state index >= 15 is 0 Å². The smallest absolute Gasteiger partial charge is 0.338 e. The Labute approximate surface area is 74.0 Å². The van der Waals surface area contributed by atoms with Gasteiger partial charge in [0.15, 0.2) is 18.5 Å². The molecule has 0 radical (unpaired) electrons. The number of ether oxygens (including phenoxy) is 3. The number of hydrogen-bond donors (Lipinski definition) is 2. The van der Waals surface area contributed by atoms with Crippen LogP contribution in [0.4, 0.5) is 0 Å². The molecule has 2 N–H and O–H groups in total. The van der Waals surface area contributed by atoms with Crippen LogP contribution in [-0.2, 0) is 19.0 Å². The second-order valence-corrected chi connectivity index (χ2v) is 3.04. The molecule has 0 bridgehead atoms. The molecule has 2 rings (SSSR count). The lowest BCUT2D eigenvalue weighted by molar-refractivity contribution is -0.177. The Bertz CT molecular complexity index is 229. The number of esters is 1. The predicted molar refractivity (Wildman–Crippen MR) is 37.6 cm³/mol. The Kier molecular flexibility index (Phi) is 1.99. The highest BCUT2D eigenvalue weighted by Crippen LogP contribution is 2.31. The van der Waals surface area contributed by atoms with Gasteiger partial charge < -0.3 is 24.4 Å². The minimum absolute atomic E-state index is 0.761. The van der Waals surface area contributed by atoms with Crippen LogP contribution >= 0.6 is 0 Å². The van der Waals surface area contributed by atoms with Crippen molar-refractivity contribution in [2.75, 3.05) is 7.11 Å². The number of methoxy groups -OCH3 is 1. The van der Waals surface area contributed by atoms with Crippen LogP contribution in [0.3, 0.4) is 0 Å².